The van der Waals surface area contributed by atoms with Crippen LogP contribution in [0.15, 0.2) is 0 Å². The maximum absolute atomic E-state index is 12.1. The van der Waals surface area contributed by atoms with Gasteiger partial charge in [-0.1, -0.05) is 27.7 Å². The molecule has 4 heteroatoms. The van der Waals surface area contributed by atoms with Crippen LogP contribution in [0.4, 0.5) is 4.79 Å². The van der Waals surface area contributed by atoms with Gasteiger partial charge in [-0.3, -0.25) is 0 Å². The molecule has 1 fully saturated rings. The molecule has 1 aliphatic rings. The Kier molecular flexibility index (Phi) is 4.65. The van der Waals surface area contributed by atoms with E-state index in [0.29, 0.717) is 25.9 Å². The van der Waals surface area contributed by atoms with E-state index in [2.05, 4.69) is 27.7 Å². The fourth-order valence-corrected chi connectivity index (χ4v) is 2.49. The Morgan fingerprint density at radius 2 is 1.83 bits per heavy atom. The molecule has 0 aromatic rings. The van der Waals surface area contributed by atoms with Gasteiger partial charge in [0, 0.05) is 26.7 Å². The Morgan fingerprint density at radius 3 is 2.22 bits per heavy atom. The molecule has 1 saturated heterocycles. The molecule has 106 valence electrons. The first-order valence-electron chi connectivity index (χ1n) is 6.94. The first kappa shape index (κ1) is 15.3. The summed E-state index contributed by atoms with van der Waals surface area (Å²) in [5.41, 5.74) is -0.773. The summed E-state index contributed by atoms with van der Waals surface area (Å²) >= 11 is 0. The number of nitrogens with zero attached hydrogens (tertiary/aromatic N) is 2. The summed E-state index contributed by atoms with van der Waals surface area (Å²) in [5, 5.41) is 10.6. The minimum absolute atomic E-state index is 0.0906. The van der Waals surface area contributed by atoms with Crippen LogP contribution in [-0.4, -0.2) is 53.2 Å². The predicted octanol–water partition coefficient (Wildman–Crippen LogP) is 2.32. The van der Waals surface area contributed by atoms with Crippen molar-refractivity contribution in [2.45, 2.75) is 52.6 Å². The van der Waals surface area contributed by atoms with Crippen molar-refractivity contribution in [2.75, 3.05) is 26.7 Å². The van der Waals surface area contributed by atoms with Crippen LogP contribution in [0.2, 0.25) is 0 Å². The molecular weight excluding hydrogens is 228 g/mol. The molecule has 0 aliphatic carbocycles. The largest absolute Gasteiger partial charge is 0.389 e. The van der Waals surface area contributed by atoms with E-state index >= 15 is 0 Å². The molecule has 1 aliphatic heterocycles. The maximum atomic E-state index is 12.1. The van der Waals surface area contributed by atoms with Crippen molar-refractivity contribution < 1.29 is 9.90 Å². The van der Waals surface area contributed by atoms with E-state index in [1.165, 1.54) is 0 Å². The average molecular weight is 256 g/mol. The average Bonchev–Trinajstić information content (AvgIpc) is 2.28. The van der Waals surface area contributed by atoms with Gasteiger partial charge in [0.05, 0.1) is 5.60 Å². The summed E-state index contributed by atoms with van der Waals surface area (Å²) in [6, 6.07) is 0.0906. The van der Waals surface area contributed by atoms with Crippen LogP contribution in [0.25, 0.3) is 0 Å². The van der Waals surface area contributed by atoms with Crippen LogP contribution in [0.3, 0.4) is 0 Å². The number of urea groups is 1. The summed E-state index contributed by atoms with van der Waals surface area (Å²) in [6.45, 7) is 10.4. The highest BCUT2D eigenvalue weighted by Crippen LogP contribution is 2.38. The standard InChI is InChI=1S/C14H28N2O2/c1-6-9-15(5)12(17)16-10-7-14(18,8-11-16)13(2,3)4/h18H,6-11H2,1-5H3. The first-order valence-corrected chi connectivity index (χ1v) is 6.94. The van der Waals surface area contributed by atoms with Gasteiger partial charge in [-0.25, -0.2) is 4.79 Å². The monoisotopic (exact) mass is 256 g/mol. The molecule has 0 spiro atoms. The van der Waals surface area contributed by atoms with Crippen molar-refractivity contribution in [3.63, 3.8) is 0 Å². The first-order chi connectivity index (χ1) is 8.21. The maximum Gasteiger partial charge on any atom is 0.319 e. The van der Waals surface area contributed by atoms with Gasteiger partial charge in [0.15, 0.2) is 0 Å². The van der Waals surface area contributed by atoms with E-state index in [1.807, 2.05) is 11.9 Å². The minimum atomic E-state index is -0.646. The Balaban J connectivity index is 2.56. The van der Waals surface area contributed by atoms with Crippen molar-refractivity contribution in [2.24, 2.45) is 5.41 Å². The SMILES string of the molecule is CCCN(C)C(=O)N1CCC(O)(C(C)(C)C)CC1. The zero-order chi connectivity index (χ0) is 14.0. The normalized spacial score (nSPS) is 19.8. The van der Waals surface area contributed by atoms with Crippen molar-refractivity contribution in [1.82, 2.24) is 9.80 Å². The van der Waals surface area contributed by atoms with Crippen LogP contribution in [-0.2, 0) is 0 Å². The van der Waals surface area contributed by atoms with Gasteiger partial charge in [-0.05, 0) is 24.7 Å². The summed E-state index contributed by atoms with van der Waals surface area (Å²) in [6.07, 6.45) is 2.31. The lowest BCUT2D eigenvalue weighted by atomic mass is 9.71. The summed E-state index contributed by atoms with van der Waals surface area (Å²) in [7, 11) is 1.84. The summed E-state index contributed by atoms with van der Waals surface area (Å²) < 4.78 is 0. The summed E-state index contributed by atoms with van der Waals surface area (Å²) in [5.74, 6) is 0. The van der Waals surface area contributed by atoms with E-state index in [0.717, 1.165) is 13.0 Å². The lowest BCUT2D eigenvalue weighted by molar-refractivity contribution is -0.0940. The third kappa shape index (κ3) is 3.16. The number of likely N-dealkylation sites (tertiary alicyclic amines) is 1. The van der Waals surface area contributed by atoms with Gasteiger partial charge in [0.25, 0.3) is 0 Å². The van der Waals surface area contributed by atoms with E-state index in [-0.39, 0.29) is 11.4 Å². The van der Waals surface area contributed by atoms with Crippen LogP contribution in [0, 0.1) is 5.41 Å². The van der Waals surface area contributed by atoms with Crippen molar-refractivity contribution >= 4 is 6.03 Å². The van der Waals surface area contributed by atoms with E-state index in [4.69, 9.17) is 0 Å². The molecule has 18 heavy (non-hydrogen) atoms. The molecule has 0 unspecified atom stereocenters. The fourth-order valence-electron chi connectivity index (χ4n) is 2.49. The second kappa shape index (κ2) is 5.47. The second-order valence-electron chi connectivity index (χ2n) is 6.47. The molecular formula is C14H28N2O2. The fraction of sp³-hybridized carbons (Fsp3) is 0.929. The van der Waals surface area contributed by atoms with E-state index in [1.54, 1.807) is 4.90 Å². The molecule has 1 heterocycles. The molecule has 1 rings (SSSR count). The smallest absolute Gasteiger partial charge is 0.319 e. The zero-order valence-electron chi connectivity index (χ0n) is 12.5. The number of carbonyl (C=O) groups is 1. The van der Waals surface area contributed by atoms with Crippen molar-refractivity contribution in [1.29, 1.82) is 0 Å². The molecule has 0 radical (unpaired) electrons. The van der Waals surface area contributed by atoms with Gasteiger partial charge < -0.3 is 14.9 Å². The number of carbonyl (C=O) groups excluding carboxylic acids is 1. The topological polar surface area (TPSA) is 43.8 Å². The Labute approximate surface area is 111 Å². The molecule has 2 amide bonds. The highest BCUT2D eigenvalue weighted by Gasteiger charge is 2.43. The Bertz CT molecular complexity index is 289. The molecule has 1 N–H and O–H groups in total. The molecule has 0 aromatic carbocycles. The quantitative estimate of drug-likeness (QED) is 0.824. The number of piperidine rings is 1. The van der Waals surface area contributed by atoms with Gasteiger partial charge in [0.2, 0.25) is 0 Å². The second-order valence-corrected chi connectivity index (χ2v) is 6.47. The van der Waals surface area contributed by atoms with Crippen LogP contribution >= 0.6 is 0 Å². The van der Waals surface area contributed by atoms with Gasteiger partial charge in [-0.2, -0.15) is 0 Å². The number of rotatable bonds is 2. The summed E-state index contributed by atoms with van der Waals surface area (Å²) in [4.78, 5) is 15.7. The van der Waals surface area contributed by atoms with Crippen LogP contribution in [0.1, 0.15) is 47.0 Å². The Hall–Kier alpha value is -0.770. The number of hydrogen-bond acceptors (Lipinski definition) is 2. The Morgan fingerprint density at radius 1 is 1.33 bits per heavy atom. The molecule has 0 bridgehead atoms. The molecule has 0 saturated carbocycles. The number of hydrogen-bond donors (Lipinski definition) is 1. The van der Waals surface area contributed by atoms with Crippen molar-refractivity contribution in [3.05, 3.63) is 0 Å². The third-order valence-corrected chi connectivity index (χ3v) is 4.14. The predicted molar refractivity (Wildman–Crippen MR) is 73.5 cm³/mol. The zero-order valence-corrected chi connectivity index (χ0v) is 12.5. The lowest BCUT2D eigenvalue weighted by Gasteiger charge is -2.46. The third-order valence-electron chi connectivity index (χ3n) is 4.14. The van der Waals surface area contributed by atoms with Crippen LogP contribution in [0.5, 0.6) is 0 Å². The van der Waals surface area contributed by atoms with E-state index in [9.17, 15) is 9.90 Å². The van der Waals surface area contributed by atoms with Crippen molar-refractivity contribution in [3.8, 4) is 0 Å². The minimum Gasteiger partial charge on any atom is -0.389 e. The molecule has 0 aromatic heterocycles. The number of amides is 2. The molecule has 0 atom stereocenters. The highest BCUT2D eigenvalue weighted by molar-refractivity contribution is 5.74. The van der Waals surface area contributed by atoms with Gasteiger partial charge >= 0.3 is 6.03 Å². The van der Waals surface area contributed by atoms with Gasteiger partial charge in [-0.15, -0.1) is 0 Å². The number of aliphatic hydroxyl groups is 1. The van der Waals surface area contributed by atoms with E-state index < -0.39 is 5.60 Å². The highest BCUT2D eigenvalue weighted by atomic mass is 16.3. The lowest BCUT2D eigenvalue weighted by Crippen LogP contribution is -2.54. The van der Waals surface area contributed by atoms with Gasteiger partial charge in [0.1, 0.15) is 0 Å². The molecule has 4 nitrogen and oxygen atoms in total. The van der Waals surface area contributed by atoms with Crippen LogP contribution < -0.4 is 0 Å².